The van der Waals surface area contributed by atoms with Crippen molar-refractivity contribution in [3.8, 4) is 0 Å². The molecule has 35 heavy (non-hydrogen) atoms. The highest BCUT2D eigenvalue weighted by molar-refractivity contribution is 6.05. The van der Waals surface area contributed by atoms with Gasteiger partial charge in [-0.15, -0.1) is 0 Å². The van der Waals surface area contributed by atoms with Crippen LogP contribution in [0.2, 0.25) is 0 Å². The average Bonchev–Trinajstić information content (AvgIpc) is 3.28. The summed E-state index contributed by atoms with van der Waals surface area (Å²) in [5.41, 5.74) is 9.78. The molecule has 4 aromatic rings. The SMILES string of the molecule is Nc1nc(C(=O)N2Cc3ccccc3C2)c2cc(C(NCc3ccc(F)cc3)C(=O)O)ccc2n1. The molecule has 0 radical (unpaired) electrons. The van der Waals surface area contributed by atoms with E-state index >= 15 is 0 Å². The molecule has 1 unspecified atom stereocenters. The van der Waals surface area contributed by atoms with E-state index in [1.807, 2.05) is 24.3 Å². The number of aliphatic carboxylic acids is 1. The van der Waals surface area contributed by atoms with E-state index in [1.165, 1.54) is 12.1 Å². The highest BCUT2D eigenvalue weighted by Crippen LogP contribution is 2.28. The monoisotopic (exact) mass is 471 g/mol. The number of carbonyl (C=O) groups excluding carboxylic acids is 1. The molecule has 1 amide bonds. The normalized spacial score (nSPS) is 13.6. The number of fused-ring (bicyclic) bond motifs is 2. The smallest absolute Gasteiger partial charge is 0.325 e. The third kappa shape index (κ3) is 4.53. The number of nitrogens with zero attached hydrogens (tertiary/aromatic N) is 3. The molecule has 4 N–H and O–H groups in total. The van der Waals surface area contributed by atoms with Crippen LogP contribution in [0.25, 0.3) is 10.9 Å². The van der Waals surface area contributed by atoms with Crippen LogP contribution in [0.1, 0.15) is 38.8 Å². The Bertz CT molecular complexity index is 1420. The first-order chi connectivity index (χ1) is 16.9. The summed E-state index contributed by atoms with van der Waals surface area (Å²) in [6.07, 6.45) is 0. The average molecular weight is 471 g/mol. The molecule has 1 aliphatic heterocycles. The first-order valence-corrected chi connectivity index (χ1v) is 11.0. The van der Waals surface area contributed by atoms with Crippen LogP contribution >= 0.6 is 0 Å². The van der Waals surface area contributed by atoms with Gasteiger partial charge in [0, 0.05) is 25.0 Å². The molecule has 5 rings (SSSR count). The Morgan fingerprint density at radius 1 is 1.03 bits per heavy atom. The quantitative estimate of drug-likeness (QED) is 0.394. The molecule has 8 nitrogen and oxygen atoms in total. The summed E-state index contributed by atoms with van der Waals surface area (Å²) < 4.78 is 13.2. The lowest BCUT2D eigenvalue weighted by Gasteiger charge is -2.18. The minimum absolute atomic E-state index is 0.0328. The number of carboxylic acid groups (broad SMARTS) is 1. The summed E-state index contributed by atoms with van der Waals surface area (Å²) in [5.74, 6) is -1.79. The maximum Gasteiger partial charge on any atom is 0.325 e. The van der Waals surface area contributed by atoms with Gasteiger partial charge in [-0.05, 0) is 46.5 Å². The Morgan fingerprint density at radius 2 is 1.71 bits per heavy atom. The zero-order valence-corrected chi connectivity index (χ0v) is 18.6. The minimum atomic E-state index is -1.09. The van der Waals surface area contributed by atoms with Gasteiger partial charge in [-0.25, -0.2) is 14.4 Å². The number of rotatable bonds is 6. The van der Waals surface area contributed by atoms with E-state index in [9.17, 15) is 19.1 Å². The van der Waals surface area contributed by atoms with Crippen LogP contribution in [0.4, 0.5) is 10.3 Å². The van der Waals surface area contributed by atoms with Crippen molar-refractivity contribution in [1.82, 2.24) is 20.2 Å². The Kier molecular flexibility index (Phi) is 5.84. The molecule has 0 saturated heterocycles. The third-order valence-electron chi connectivity index (χ3n) is 6.07. The van der Waals surface area contributed by atoms with Crippen LogP contribution in [0.15, 0.2) is 66.7 Å². The van der Waals surface area contributed by atoms with Crippen molar-refractivity contribution in [3.05, 3.63) is 100 Å². The van der Waals surface area contributed by atoms with Crippen LogP contribution in [-0.4, -0.2) is 31.9 Å². The van der Waals surface area contributed by atoms with Gasteiger partial charge in [-0.3, -0.25) is 14.9 Å². The van der Waals surface area contributed by atoms with Crippen molar-refractivity contribution in [2.75, 3.05) is 5.73 Å². The van der Waals surface area contributed by atoms with Gasteiger partial charge < -0.3 is 15.7 Å². The molecule has 1 atom stereocenters. The molecule has 0 aliphatic carbocycles. The second-order valence-corrected chi connectivity index (χ2v) is 8.42. The second kappa shape index (κ2) is 9.11. The van der Waals surface area contributed by atoms with Gasteiger partial charge in [0.2, 0.25) is 5.95 Å². The molecule has 3 aromatic carbocycles. The summed E-state index contributed by atoms with van der Waals surface area (Å²) in [6.45, 7) is 1.12. The van der Waals surface area contributed by atoms with Crippen molar-refractivity contribution >= 4 is 28.7 Å². The summed E-state index contributed by atoms with van der Waals surface area (Å²) >= 11 is 0. The maximum atomic E-state index is 13.5. The van der Waals surface area contributed by atoms with Crippen molar-refractivity contribution < 1.29 is 19.1 Å². The topological polar surface area (TPSA) is 121 Å². The Labute approximate surface area is 200 Å². The Balaban J connectivity index is 1.47. The molecule has 1 aliphatic rings. The number of anilines is 1. The molecule has 0 bridgehead atoms. The van der Waals surface area contributed by atoms with E-state index < -0.39 is 12.0 Å². The fourth-order valence-electron chi connectivity index (χ4n) is 4.30. The van der Waals surface area contributed by atoms with E-state index in [0.717, 1.165) is 16.7 Å². The number of carboxylic acids is 1. The van der Waals surface area contributed by atoms with Crippen LogP contribution in [0, 0.1) is 5.82 Å². The lowest BCUT2D eigenvalue weighted by atomic mass is 10.0. The van der Waals surface area contributed by atoms with Crippen molar-refractivity contribution in [1.29, 1.82) is 0 Å². The van der Waals surface area contributed by atoms with Crippen molar-refractivity contribution in [3.63, 3.8) is 0 Å². The van der Waals surface area contributed by atoms with Gasteiger partial charge >= 0.3 is 5.97 Å². The number of carbonyl (C=O) groups is 2. The number of hydrogen-bond donors (Lipinski definition) is 3. The number of aromatic nitrogens is 2. The number of benzene rings is 3. The molecule has 0 saturated carbocycles. The molecule has 1 aromatic heterocycles. The zero-order valence-electron chi connectivity index (χ0n) is 18.6. The summed E-state index contributed by atoms with van der Waals surface area (Å²) in [6, 6.07) is 17.4. The van der Waals surface area contributed by atoms with E-state index in [0.29, 0.717) is 29.6 Å². The van der Waals surface area contributed by atoms with Gasteiger partial charge in [0.15, 0.2) is 0 Å². The van der Waals surface area contributed by atoms with Gasteiger partial charge in [-0.2, -0.15) is 0 Å². The first-order valence-electron chi connectivity index (χ1n) is 11.0. The minimum Gasteiger partial charge on any atom is -0.480 e. The van der Waals surface area contributed by atoms with Gasteiger partial charge in [-0.1, -0.05) is 42.5 Å². The second-order valence-electron chi connectivity index (χ2n) is 8.42. The summed E-state index contributed by atoms with van der Waals surface area (Å²) in [7, 11) is 0. The molecular weight excluding hydrogens is 449 g/mol. The molecule has 2 heterocycles. The highest BCUT2D eigenvalue weighted by atomic mass is 19.1. The lowest BCUT2D eigenvalue weighted by molar-refractivity contribution is -0.139. The summed E-state index contributed by atoms with van der Waals surface area (Å²) in [4.78, 5) is 35.7. The number of nitrogen functional groups attached to an aromatic ring is 1. The van der Waals surface area contributed by atoms with Gasteiger partial charge in [0.05, 0.1) is 5.52 Å². The number of hydrogen-bond acceptors (Lipinski definition) is 6. The Morgan fingerprint density at radius 3 is 2.37 bits per heavy atom. The fraction of sp³-hybridized carbons (Fsp3) is 0.154. The summed E-state index contributed by atoms with van der Waals surface area (Å²) in [5, 5.41) is 13.3. The fourth-order valence-corrected chi connectivity index (χ4v) is 4.30. The zero-order chi connectivity index (χ0) is 24.5. The predicted molar refractivity (Wildman–Crippen MR) is 128 cm³/mol. The van der Waals surface area contributed by atoms with Crippen molar-refractivity contribution in [2.24, 2.45) is 0 Å². The standard InChI is InChI=1S/C26H22FN5O3/c27-19-8-5-15(6-9-19)12-29-22(25(34)35)16-7-10-21-20(11-16)23(31-26(28)30-21)24(33)32-13-17-3-1-2-4-18(17)14-32/h1-11,22,29H,12-14H2,(H,34,35)(H2,28,30,31). The number of amides is 1. The highest BCUT2D eigenvalue weighted by Gasteiger charge is 2.28. The van der Waals surface area contributed by atoms with Gasteiger partial charge in [0.1, 0.15) is 17.6 Å². The van der Waals surface area contributed by atoms with E-state index in [-0.39, 0.29) is 29.9 Å². The van der Waals surface area contributed by atoms with Gasteiger partial charge in [0.25, 0.3) is 5.91 Å². The number of halogens is 1. The predicted octanol–water partition coefficient (Wildman–Crippen LogP) is 3.42. The third-order valence-corrected chi connectivity index (χ3v) is 6.07. The Hall–Kier alpha value is -4.37. The molecule has 0 spiro atoms. The van der Waals surface area contributed by atoms with E-state index in [4.69, 9.17) is 5.73 Å². The maximum absolute atomic E-state index is 13.5. The van der Waals surface area contributed by atoms with E-state index in [2.05, 4.69) is 15.3 Å². The van der Waals surface area contributed by atoms with Crippen molar-refractivity contribution in [2.45, 2.75) is 25.7 Å². The number of nitrogens with two attached hydrogens (primary N) is 1. The van der Waals surface area contributed by atoms with Crippen LogP contribution in [0.5, 0.6) is 0 Å². The van der Waals surface area contributed by atoms with Crippen LogP contribution < -0.4 is 11.1 Å². The molecule has 0 fully saturated rings. The van der Waals surface area contributed by atoms with Crippen LogP contribution in [-0.2, 0) is 24.4 Å². The largest absolute Gasteiger partial charge is 0.480 e. The molecule has 176 valence electrons. The molecular formula is C26H22FN5O3. The lowest BCUT2D eigenvalue weighted by Crippen LogP contribution is -2.28. The number of nitrogens with one attached hydrogen (secondary N) is 1. The van der Waals surface area contributed by atoms with Crippen LogP contribution in [0.3, 0.4) is 0 Å². The first kappa shape index (κ1) is 22.4. The molecule has 9 heteroatoms. The van der Waals surface area contributed by atoms with E-state index in [1.54, 1.807) is 35.2 Å².